The van der Waals surface area contributed by atoms with Crippen molar-refractivity contribution in [3.63, 3.8) is 0 Å². The van der Waals surface area contributed by atoms with Crippen LogP contribution in [0.3, 0.4) is 0 Å². The summed E-state index contributed by atoms with van der Waals surface area (Å²) in [6.45, 7) is 8.73. The summed E-state index contributed by atoms with van der Waals surface area (Å²) in [6, 6.07) is 3.85. The van der Waals surface area contributed by atoms with Crippen LogP contribution in [0.5, 0.6) is 0 Å². The Kier molecular flexibility index (Phi) is 7.20. The molecule has 0 bridgehead atoms. The van der Waals surface area contributed by atoms with E-state index in [1.54, 1.807) is 40.8 Å². The molecule has 30 heavy (non-hydrogen) atoms. The van der Waals surface area contributed by atoms with Crippen molar-refractivity contribution in [3.05, 3.63) is 45.1 Å². The molecule has 0 saturated carbocycles. The standard InChI is InChI=1S/C22H22N4O3S/c1-13(20(27)15(9-23)8-18-26-14(2)12-29-18)6-19-25-11-17(30-19)7-16(10-24)21(28)22(3,4)5/h7-8,11-13H,6H2,1-5H3/b15-8+,16-7+. The highest BCUT2D eigenvalue weighted by Crippen LogP contribution is 2.25. The number of hydrogen-bond acceptors (Lipinski definition) is 8. The molecule has 1 unspecified atom stereocenters. The summed E-state index contributed by atoms with van der Waals surface area (Å²) in [7, 11) is 0. The van der Waals surface area contributed by atoms with Crippen molar-refractivity contribution in [2.75, 3.05) is 0 Å². The van der Waals surface area contributed by atoms with Gasteiger partial charge in [-0.25, -0.2) is 9.97 Å². The van der Waals surface area contributed by atoms with E-state index in [1.807, 2.05) is 12.1 Å². The lowest BCUT2D eigenvalue weighted by atomic mass is 9.86. The van der Waals surface area contributed by atoms with Gasteiger partial charge in [-0.3, -0.25) is 9.59 Å². The van der Waals surface area contributed by atoms with E-state index < -0.39 is 11.3 Å². The molecule has 0 amide bonds. The van der Waals surface area contributed by atoms with Crippen molar-refractivity contribution in [2.45, 2.75) is 41.0 Å². The minimum Gasteiger partial charge on any atom is -0.445 e. The molecule has 2 heterocycles. The quantitative estimate of drug-likeness (QED) is 0.481. The Balaban J connectivity index is 2.15. The minimum absolute atomic E-state index is 0.0384. The van der Waals surface area contributed by atoms with Gasteiger partial charge in [-0.15, -0.1) is 11.3 Å². The van der Waals surface area contributed by atoms with Crippen molar-refractivity contribution in [1.82, 2.24) is 9.97 Å². The summed E-state index contributed by atoms with van der Waals surface area (Å²) in [5, 5.41) is 19.3. The molecule has 2 rings (SSSR count). The topological polar surface area (TPSA) is 121 Å². The number of carbonyl (C=O) groups excluding carboxylic acids is 2. The van der Waals surface area contributed by atoms with Gasteiger partial charge in [-0.2, -0.15) is 10.5 Å². The Morgan fingerprint density at radius 2 is 1.90 bits per heavy atom. The molecule has 1 atom stereocenters. The number of carbonyl (C=O) groups is 2. The fourth-order valence-corrected chi connectivity index (χ4v) is 3.51. The third-order valence-electron chi connectivity index (χ3n) is 4.12. The number of nitrogens with zero attached hydrogens (tertiary/aromatic N) is 4. The normalized spacial score (nSPS) is 13.4. The van der Waals surface area contributed by atoms with Crippen LogP contribution in [-0.4, -0.2) is 21.5 Å². The van der Waals surface area contributed by atoms with Crippen LogP contribution in [0.15, 0.2) is 28.0 Å². The highest BCUT2D eigenvalue weighted by molar-refractivity contribution is 7.12. The maximum atomic E-state index is 12.6. The first-order valence-electron chi connectivity index (χ1n) is 9.24. The highest BCUT2D eigenvalue weighted by Gasteiger charge is 2.25. The monoisotopic (exact) mass is 422 g/mol. The van der Waals surface area contributed by atoms with Gasteiger partial charge < -0.3 is 4.42 Å². The fourth-order valence-electron chi connectivity index (χ4n) is 2.52. The molecule has 0 aliphatic heterocycles. The van der Waals surface area contributed by atoms with Gasteiger partial charge in [-0.05, 0) is 13.0 Å². The van der Waals surface area contributed by atoms with Gasteiger partial charge in [0.05, 0.1) is 16.3 Å². The van der Waals surface area contributed by atoms with Gasteiger partial charge in [-0.1, -0.05) is 27.7 Å². The number of allylic oxidation sites excluding steroid dienone is 2. The number of Topliss-reactive ketones (excluding diaryl/α,β-unsaturated/α-hetero) is 2. The van der Waals surface area contributed by atoms with Crippen LogP contribution >= 0.6 is 11.3 Å². The number of hydrogen-bond donors (Lipinski definition) is 0. The molecule has 0 aromatic carbocycles. The second-order valence-electron chi connectivity index (χ2n) is 7.87. The van der Waals surface area contributed by atoms with E-state index in [0.717, 1.165) is 0 Å². The Hall–Kier alpha value is -3.36. The minimum atomic E-state index is -0.655. The number of oxazole rings is 1. The van der Waals surface area contributed by atoms with E-state index in [9.17, 15) is 20.1 Å². The van der Waals surface area contributed by atoms with Crippen LogP contribution in [-0.2, 0) is 16.0 Å². The van der Waals surface area contributed by atoms with Crippen LogP contribution in [0.1, 0.15) is 49.2 Å². The summed E-state index contributed by atoms with van der Waals surface area (Å²) < 4.78 is 5.18. The number of aromatic nitrogens is 2. The van der Waals surface area contributed by atoms with Crippen LogP contribution in [0.4, 0.5) is 0 Å². The molecule has 154 valence electrons. The summed E-state index contributed by atoms with van der Waals surface area (Å²) in [5.74, 6) is -0.851. The van der Waals surface area contributed by atoms with Gasteiger partial charge in [0.15, 0.2) is 11.6 Å². The predicted octanol–water partition coefficient (Wildman–Crippen LogP) is 4.32. The molecule has 8 heteroatoms. The van der Waals surface area contributed by atoms with Crippen LogP contribution < -0.4 is 0 Å². The van der Waals surface area contributed by atoms with Crippen LogP contribution in [0.2, 0.25) is 0 Å². The number of thiazole rings is 1. The number of ketones is 2. The maximum Gasteiger partial charge on any atom is 0.220 e. The first kappa shape index (κ1) is 22.9. The van der Waals surface area contributed by atoms with Crippen molar-refractivity contribution < 1.29 is 14.0 Å². The smallest absolute Gasteiger partial charge is 0.220 e. The van der Waals surface area contributed by atoms with Crippen molar-refractivity contribution in [3.8, 4) is 12.1 Å². The van der Waals surface area contributed by atoms with E-state index in [-0.39, 0.29) is 28.6 Å². The van der Waals surface area contributed by atoms with E-state index in [2.05, 4.69) is 9.97 Å². The lowest BCUT2D eigenvalue weighted by molar-refractivity contribution is -0.122. The molecular formula is C22H22N4O3S. The van der Waals surface area contributed by atoms with E-state index in [4.69, 9.17) is 4.42 Å². The SMILES string of the molecule is Cc1coc(/C=C(\C#N)C(=O)C(C)Cc2ncc(/C=C(\C#N)C(=O)C(C)(C)C)s2)n1. The zero-order chi connectivity index (χ0) is 22.5. The number of aryl methyl sites for hydroxylation is 1. The number of nitriles is 2. The molecule has 0 saturated heterocycles. The maximum absolute atomic E-state index is 12.6. The lowest BCUT2D eigenvalue weighted by Gasteiger charge is -2.15. The van der Waals surface area contributed by atoms with Crippen molar-refractivity contribution in [1.29, 1.82) is 10.5 Å². The zero-order valence-electron chi connectivity index (χ0n) is 17.5. The lowest BCUT2D eigenvalue weighted by Crippen LogP contribution is -2.21. The molecule has 0 N–H and O–H groups in total. The van der Waals surface area contributed by atoms with E-state index >= 15 is 0 Å². The first-order valence-corrected chi connectivity index (χ1v) is 10.1. The molecule has 0 aliphatic carbocycles. The molecule has 7 nitrogen and oxygen atoms in total. The average Bonchev–Trinajstić information content (AvgIpc) is 3.30. The average molecular weight is 423 g/mol. The summed E-state index contributed by atoms with van der Waals surface area (Å²) >= 11 is 1.30. The van der Waals surface area contributed by atoms with Gasteiger partial charge in [0.1, 0.15) is 24.0 Å². The largest absolute Gasteiger partial charge is 0.445 e. The van der Waals surface area contributed by atoms with Gasteiger partial charge in [0, 0.05) is 34.9 Å². The zero-order valence-corrected chi connectivity index (χ0v) is 18.3. The second-order valence-corrected chi connectivity index (χ2v) is 9.02. The summed E-state index contributed by atoms with van der Waals surface area (Å²) in [6.07, 6.45) is 6.20. The Labute approximate surface area is 179 Å². The Morgan fingerprint density at radius 3 is 2.43 bits per heavy atom. The van der Waals surface area contributed by atoms with Crippen LogP contribution in [0.25, 0.3) is 12.2 Å². The predicted molar refractivity (Wildman–Crippen MR) is 113 cm³/mol. The van der Waals surface area contributed by atoms with Crippen LogP contribution in [0, 0.1) is 40.9 Å². The Bertz CT molecular complexity index is 1100. The molecule has 0 spiro atoms. The third kappa shape index (κ3) is 5.82. The van der Waals surface area contributed by atoms with Crippen molar-refractivity contribution in [2.24, 2.45) is 11.3 Å². The third-order valence-corrected chi connectivity index (χ3v) is 5.09. The molecule has 0 aliphatic rings. The molecular weight excluding hydrogens is 400 g/mol. The van der Waals surface area contributed by atoms with E-state index in [1.165, 1.54) is 29.8 Å². The molecule has 2 aromatic rings. The van der Waals surface area contributed by atoms with Gasteiger partial charge in [0.2, 0.25) is 5.89 Å². The van der Waals surface area contributed by atoms with E-state index in [0.29, 0.717) is 22.0 Å². The van der Waals surface area contributed by atoms with Crippen molar-refractivity contribution >= 4 is 35.1 Å². The Morgan fingerprint density at radius 1 is 1.23 bits per heavy atom. The first-order chi connectivity index (χ1) is 14.0. The van der Waals surface area contributed by atoms with Gasteiger partial charge >= 0.3 is 0 Å². The number of rotatable bonds is 7. The molecule has 2 aromatic heterocycles. The van der Waals surface area contributed by atoms with Gasteiger partial charge in [0.25, 0.3) is 0 Å². The highest BCUT2D eigenvalue weighted by atomic mass is 32.1. The summed E-state index contributed by atoms with van der Waals surface area (Å²) in [5.41, 5.74) is 0.0303. The second kappa shape index (κ2) is 9.43. The fraction of sp³-hybridized carbons (Fsp3) is 0.364. The molecule has 0 fully saturated rings. The molecule has 0 radical (unpaired) electrons. The summed E-state index contributed by atoms with van der Waals surface area (Å²) in [4.78, 5) is 34.0.